The van der Waals surface area contributed by atoms with Gasteiger partial charge in [-0.25, -0.2) is 0 Å². The van der Waals surface area contributed by atoms with Gasteiger partial charge in [-0.15, -0.1) is 0 Å². The molecule has 0 spiro atoms. The Morgan fingerprint density at radius 3 is 2.47 bits per heavy atom. The van der Waals surface area contributed by atoms with Gasteiger partial charge in [0.05, 0.1) is 6.07 Å². The van der Waals surface area contributed by atoms with E-state index >= 15 is 0 Å². The van der Waals surface area contributed by atoms with Crippen LogP contribution in [-0.2, 0) is 0 Å². The molecule has 100 valence electrons. The highest BCUT2D eigenvalue weighted by atomic mass is 15.2. The summed E-state index contributed by atoms with van der Waals surface area (Å²) in [6, 6.07) is 13.0. The van der Waals surface area contributed by atoms with Gasteiger partial charge in [0.2, 0.25) is 0 Å². The maximum atomic E-state index is 9.50. The Balaban J connectivity index is 1.59. The summed E-state index contributed by atoms with van der Waals surface area (Å²) in [6.07, 6.45) is 4.52. The van der Waals surface area contributed by atoms with Gasteiger partial charge >= 0.3 is 0 Å². The maximum absolute atomic E-state index is 9.50. The van der Waals surface area contributed by atoms with E-state index in [-0.39, 0.29) is 5.54 Å². The van der Waals surface area contributed by atoms with Crippen LogP contribution in [0.3, 0.4) is 0 Å². The molecule has 1 N–H and O–H groups in total. The topological polar surface area (TPSA) is 39.1 Å². The van der Waals surface area contributed by atoms with Gasteiger partial charge < -0.3 is 4.90 Å². The quantitative estimate of drug-likeness (QED) is 0.898. The van der Waals surface area contributed by atoms with Crippen LogP contribution in [0.5, 0.6) is 0 Å². The van der Waals surface area contributed by atoms with E-state index in [1.807, 2.05) is 6.07 Å². The molecule has 1 aliphatic carbocycles. The average molecular weight is 255 g/mol. The summed E-state index contributed by atoms with van der Waals surface area (Å²) in [7, 11) is 0. The van der Waals surface area contributed by atoms with Crippen LogP contribution >= 0.6 is 0 Å². The molecule has 1 saturated heterocycles. The van der Waals surface area contributed by atoms with Crippen LogP contribution in [0, 0.1) is 17.2 Å². The number of para-hydroxylation sites is 1. The predicted molar refractivity (Wildman–Crippen MR) is 77.0 cm³/mol. The Morgan fingerprint density at radius 2 is 1.89 bits per heavy atom. The molecule has 0 radical (unpaired) electrons. The second-order valence-electron chi connectivity index (χ2n) is 5.84. The van der Waals surface area contributed by atoms with Crippen LogP contribution < -0.4 is 10.2 Å². The Bertz CT molecular complexity index is 451. The van der Waals surface area contributed by atoms with Gasteiger partial charge in [0, 0.05) is 18.8 Å². The summed E-state index contributed by atoms with van der Waals surface area (Å²) < 4.78 is 0. The van der Waals surface area contributed by atoms with E-state index in [4.69, 9.17) is 0 Å². The van der Waals surface area contributed by atoms with Gasteiger partial charge in [0.15, 0.2) is 0 Å². The fourth-order valence-corrected chi connectivity index (χ4v) is 2.78. The zero-order chi connectivity index (χ0) is 13.1. The molecule has 0 atom stereocenters. The molecule has 0 bridgehead atoms. The SMILES string of the molecule is N#CC1(NCC2CC2)CCN(c2ccccc2)CC1. The molecular formula is C16H21N3. The zero-order valence-corrected chi connectivity index (χ0v) is 11.3. The minimum atomic E-state index is -0.284. The molecule has 0 unspecified atom stereocenters. The van der Waals surface area contributed by atoms with Crippen molar-refractivity contribution in [3.05, 3.63) is 30.3 Å². The molecule has 3 rings (SSSR count). The lowest BCUT2D eigenvalue weighted by molar-refractivity contribution is 0.328. The van der Waals surface area contributed by atoms with E-state index < -0.39 is 0 Å². The minimum Gasteiger partial charge on any atom is -0.371 e. The molecule has 0 aromatic heterocycles. The van der Waals surface area contributed by atoms with Crippen LogP contribution in [0.15, 0.2) is 30.3 Å². The van der Waals surface area contributed by atoms with Crippen molar-refractivity contribution < 1.29 is 0 Å². The van der Waals surface area contributed by atoms with Gasteiger partial charge in [0.25, 0.3) is 0 Å². The van der Waals surface area contributed by atoms with Crippen LogP contribution in [0.4, 0.5) is 5.69 Å². The predicted octanol–water partition coefficient (Wildman–Crippen LogP) is 2.55. The van der Waals surface area contributed by atoms with Crippen LogP contribution in [0.25, 0.3) is 0 Å². The lowest BCUT2D eigenvalue weighted by atomic mass is 9.88. The molecule has 1 aromatic carbocycles. The standard InChI is InChI=1S/C16H21N3/c17-13-16(18-12-14-6-7-14)8-10-19(11-9-16)15-4-2-1-3-5-15/h1-5,14,18H,6-12H2. The first-order valence-electron chi connectivity index (χ1n) is 7.28. The summed E-state index contributed by atoms with van der Waals surface area (Å²) >= 11 is 0. The smallest absolute Gasteiger partial charge is 0.110 e. The minimum absolute atomic E-state index is 0.284. The van der Waals surface area contributed by atoms with Crippen molar-refractivity contribution in [3.8, 4) is 6.07 Å². The highest BCUT2D eigenvalue weighted by molar-refractivity contribution is 5.46. The summed E-state index contributed by atoms with van der Waals surface area (Å²) in [6.45, 7) is 2.96. The average Bonchev–Trinajstić information content (AvgIpc) is 3.31. The van der Waals surface area contributed by atoms with E-state index in [9.17, 15) is 5.26 Å². The van der Waals surface area contributed by atoms with Crippen LogP contribution in [-0.4, -0.2) is 25.2 Å². The summed E-state index contributed by atoms with van der Waals surface area (Å²) in [5, 5.41) is 13.0. The Labute approximate surface area is 115 Å². The highest BCUT2D eigenvalue weighted by Crippen LogP contribution is 2.30. The number of anilines is 1. The number of hydrogen-bond acceptors (Lipinski definition) is 3. The van der Waals surface area contributed by atoms with Crippen molar-refractivity contribution >= 4 is 5.69 Å². The number of nitrogens with zero attached hydrogens (tertiary/aromatic N) is 2. The molecule has 3 heteroatoms. The molecule has 2 aliphatic rings. The van der Waals surface area contributed by atoms with Crippen molar-refractivity contribution in [2.75, 3.05) is 24.5 Å². The number of hydrogen-bond donors (Lipinski definition) is 1. The van der Waals surface area contributed by atoms with E-state index in [0.29, 0.717) is 0 Å². The zero-order valence-electron chi connectivity index (χ0n) is 11.3. The van der Waals surface area contributed by atoms with E-state index in [1.165, 1.54) is 18.5 Å². The molecule has 1 saturated carbocycles. The fraction of sp³-hybridized carbons (Fsp3) is 0.562. The Kier molecular flexibility index (Phi) is 3.44. The van der Waals surface area contributed by atoms with E-state index in [0.717, 1.165) is 38.4 Å². The molecule has 19 heavy (non-hydrogen) atoms. The molecular weight excluding hydrogens is 234 g/mol. The number of nitriles is 1. The van der Waals surface area contributed by atoms with E-state index in [1.54, 1.807) is 0 Å². The second-order valence-corrected chi connectivity index (χ2v) is 5.84. The first kappa shape index (κ1) is 12.5. The Morgan fingerprint density at radius 1 is 1.21 bits per heavy atom. The van der Waals surface area contributed by atoms with Gasteiger partial charge in [-0.1, -0.05) is 18.2 Å². The fourth-order valence-electron chi connectivity index (χ4n) is 2.78. The third-order valence-corrected chi connectivity index (χ3v) is 4.38. The van der Waals surface area contributed by atoms with Gasteiger partial charge in [-0.05, 0) is 50.3 Å². The first-order chi connectivity index (χ1) is 9.31. The number of nitrogens with one attached hydrogen (secondary N) is 1. The highest BCUT2D eigenvalue weighted by Gasteiger charge is 2.36. The lowest BCUT2D eigenvalue weighted by Crippen LogP contribution is -2.53. The van der Waals surface area contributed by atoms with E-state index in [2.05, 4.69) is 40.6 Å². The summed E-state index contributed by atoms with van der Waals surface area (Å²) in [5.74, 6) is 0.831. The molecule has 0 amide bonds. The van der Waals surface area contributed by atoms with Gasteiger partial charge in [-0.2, -0.15) is 5.26 Å². The van der Waals surface area contributed by atoms with Crippen LogP contribution in [0.1, 0.15) is 25.7 Å². The summed E-state index contributed by atoms with van der Waals surface area (Å²) in [4.78, 5) is 2.38. The number of piperidine rings is 1. The van der Waals surface area contributed by atoms with Crippen molar-refractivity contribution in [1.29, 1.82) is 5.26 Å². The van der Waals surface area contributed by atoms with Gasteiger partial charge in [-0.3, -0.25) is 5.32 Å². The maximum Gasteiger partial charge on any atom is 0.110 e. The first-order valence-corrected chi connectivity index (χ1v) is 7.28. The molecule has 1 aromatic rings. The molecule has 2 fully saturated rings. The van der Waals surface area contributed by atoms with Gasteiger partial charge in [0.1, 0.15) is 5.54 Å². The number of benzene rings is 1. The largest absolute Gasteiger partial charge is 0.371 e. The third kappa shape index (κ3) is 2.90. The number of rotatable bonds is 4. The monoisotopic (exact) mass is 255 g/mol. The molecule has 1 aliphatic heterocycles. The van der Waals surface area contributed by atoms with Crippen molar-refractivity contribution in [2.24, 2.45) is 5.92 Å². The Hall–Kier alpha value is -1.53. The summed E-state index contributed by atoms with van der Waals surface area (Å²) in [5.41, 5.74) is 0.990. The van der Waals surface area contributed by atoms with Crippen molar-refractivity contribution in [3.63, 3.8) is 0 Å². The molecule has 3 nitrogen and oxygen atoms in total. The van der Waals surface area contributed by atoms with Crippen LogP contribution in [0.2, 0.25) is 0 Å². The molecule has 1 heterocycles. The normalized spacial score (nSPS) is 21.9. The van der Waals surface area contributed by atoms with Crippen molar-refractivity contribution in [2.45, 2.75) is 31.2 Å². The second kappa shape index (κ2) is 5.22. The third-order valence-electron chi connectivity index (χ3n) is 4.38. The lowest BCUT2D eigenvalue weighted by Gasteiger charge is -2.39. The van der Waals surface area contributed by atoms with Crippen molar-refractivity contribution in [1.82, 2.24) is 5.32 Å².